The van der Waals surface area contributed by atoms with Gasteiger partial charge in [0.05, 0.1) is 12.5 Å². The van der Waals surface area contributed by atoms with Crippen LogP contribution in [0, 0.1) is 6.92 Å². The first-order valence-electron chi connectivity index (χ1n) is 5.76. The number of hydrogen-bond acceptors (Lipinski definition) is 3. The third-order valence-electron chi connectivity index (χ3n) is 2.86. The number of esters is 1. The number of ketones is 1. The molecule has 0 heterocycles. The molecule has 0 aliphatic heterocycles. The Bertz CT molecular complexity index is 435. The Morgan fingerprint density at radius 3 is 2.53 bits per heavy atom. The normalized spacial score (nSPS) is 12.0. The van der Waals surface area contributed by atoms with E-state index in [9.17, 15) is 9.59 Å². The topological polar surface area (TPSA) is 43.4 Å². The third-order valence-corrected chi connectivity index (χ3v) is 2.86. The fraction of sp³-hybridized carbons (Fsp3) is 0.429. The standard InChI is InChI=1S/C14H18O3/c1-5-17-14(16)10(3)12-7-6-8-13(9(12)2)11(4)15/h6-8,10H,5H2,1-4H3. The van der Waals surface area contributed by atoms with Crippen LogP contribution in [0.4, 0.5) is 0 Å². The highest BCUT2D eigenvalue weighted by Gasteiger charge is 2.20. The maximum atomic E-state index is 11.7. The molecule has 1 atom stereocenters. The van der Waals surface area contributed by atoms with E-state index in [-0.39, 0.29) is 17.7 Å². The smallest absolute Gasteiger partial charge is 0.313 e. The summed E-state index contributed by atoms with van der Waals surface area (Å²) < 4.78 is 4.99. The van der Waals surface area contributed by atoms with Gasteiger partial charge < -0.3 is 4.74 Å². The second-order valence-corrected chi connectivity index (χ2v) is 4.05. The zero-order valence-electron chi connectivity index (χ0n) is 10.7. The number of benzene rings is 1. The van der Waals surface area contributed by atoms with Crippen molar-refractivity contribution >= 4 is 11.8 Å². The summed E-state index contributed by atoms with van der Waals surface area (Å²) in [6.45, 7) is 7.34. The van der Waals surface area contributed by atoms with Gasteiger partial charge in [0, 0.05) is 5.56 Å². The Labute approximate surface area is 102 Å². The minimum Gasteiger partial charge on any atom is -0.466 e. The minimum absolute atomic E-state index is 0.0143. The molecule has 1 aromatic carbocycles. The largest absolute Gasteiger partial charge is 0.466 e. The molecule has 3 heteroatoms. The molecule has 1 aromatic rings. The summed E-state index contributed by atoms with van der Waals surface area (Å²) in [5.74, 6) is -0.578. The van der Waals surface area contributed by atoms with E-state index in [0.29, 0.717) is 12.2 Å². The van der Waals surface area contributed by atoms with Gasteiger partial charge in [-0.1, -0.05) is 18.2 Å². The fourth-order valence-corrected chi connectivity index (χ4v) is 1.90. The van der Waals surface area contributed by atoms with Crippen LogP contribution in [0.2, 0.25) is 0 Å². The predicted octanol–water partition coefficient (Wildman–Crippen LogP) is 2.86. The molecule has 92 valence electrons. The van der Waals surface area contributed by atoms with E-state index in [1.807, 2.05) is 13.0 Å². The van der Waals surface area contributed by atoms with E-state index in [1.165, 1.54) is 6.92 Å². The number of hydrogen-bond donors (Lipinski definition) is 0. The zero-order valence-corrected chi connectivity index (χ0v) is 10.7. The molecule has 0 amide bonds. The summed E-state index contributed by atoms with van der Waals surface area (Å²) in [4.78, 5) is 23.1. The molecule has 0 fully saturated rings. The van der Waals surface area contributed by atoms with E-state index in [0.717, 1.165) is 11.1 Å². The van der Waals surface area contributed by atoms with E-state index in [2.05, 4.69) is 0 Å². The van der Waals surface area contributed by atoms with Crippen molar-refractivity contribution in [2.24, 2.45) is 0 Å². The number of rotatable bonds is 4. The predicted molar refractivity (Wildman–Crippen MR) is 66.2 cm³/mol. The van der Waals surface area contributed by atoms with Gasteiger partial charge in [0.15, 0.2) is 5.78 Å². The van der Waals surface area contributed by atoms with Gasteiger partial charge >= 0.3 is 5.97 Å². The molecule has 0 aliphatic carbocycles. The van der Waals surface area contributed by atoms with Gasteiger partial charge in [-0.2, -0.15) is 0 Å². The van der Waals surface area contributed by atoms with Crippen molar-refractivity contribution in [3.8, 4) is 0 Å². The van der Waals surface area contributed by atoms with Crippen LogP contribution in [0.5, 0.6) is 0 Å². The van der Waals surface area contributed by atoms with E-state index in [1.54, 1.807) is 26.0 Å². The highest BCUT2D eigenvalue weighted by atomic mass is 16.5. The molecule has 0 aliphatic rings. The fourth-order valence-electron chi connectivity index (χ4n) is 1.90. The average Bonchev–Trinajstić information content (AvgIpc) is 2.28. The Morgan fingerprint density at radius 1 is 1.35 bits per heavy atom. The average molecular weight is 234 g/mol. The molecule has 3 nitrogen and oxygen atoms in total. The van der Waals surface area contributed by atoms with Gasteiger partial charge in [0.2, 0.25) is 0 Å². The van der Waals surface area contributed by atoms with Crippen molar-refractivity contribution in [3.05, 3.63) is 34.9 Å². The van der Waals surface area contributed by atoms with Crippen molar-refractivity contribution in [3.63, 3.8) is 0 Å². The second-order valence-electron chi connectivity index (χ2n) is 4.05. The lowest BCUT2D eigenvalue weighted by Crippen LogP contribution is -2.15. The van der Waals surface area contributed by atoms with E-state index in [4.69, 9.17) is 4.74 Å². The zero-order chi connectivity index (χ0) is 13.0. The number of ether oxygens (including phenoxy) is 1. The Morgan fingerprint density at radius 2 is 2.00 bits per heavy atom. The monoisotopic (exact) mass is 234 g/mol. The minimum atomic E-state index is -0.339. The number of Topliss-reactive ketones (excluding diaryl/α,β-unsaturated/α-hetero) is 1. The van der Waals surface area contributed by atoms with Gasteiger partial charge in [-0.25, -0.2) is 0 Å². The van der Waals surface area contributed by atoms with Gasteiger partial charge in [0.25, 0.3) is 0 Å². The summed E-state index contributed by atoms with van der Waals surface area (Å²) in [7, 11) is 0. The maximum absolute atomic E-state index is 11.7. The molecule has 0 bridgehead atoms. The molecular weight excluding hydrogens is 216 g/mol. The summed E-state index contributed by atoms with van der Waals surface area (Å²) in [6, 6.07) is 5.44. The Hall–Kier alpha value is -1.64. The second kappa shape index (κ2) is 5.62. The molecular formula is C14H18O3. The molecule has 0 N–H and O–H groups in total. The summed E-state index contributed by atoms with van der Waals surface area (Å²) in [5, 5.41) is 0. The van der Waals surface area contributed by atoms with E-state index >= 15 is 0 Å². The molecule has 1 rings (SSSR count). The lowest BCUT2D eigenvalue weighted by Gasteiger charge is -2.15. The highest BCUT2D eigenvalue weighted by molar-refractivity contribution is 5.96. The Balaban J connectivity index is 3.10. The number of carbonyl (C=O) groups excluding carboxylic acids is 2. The first-order chi connectivity index (χ1) is 7.99. The first-order valence-corrected chi connectivity index (χ1v) is 5.76. The van der Waals surface area contributed by atoms with Crippen LogP contribution >= 0.6 is 0 Å². The quantitative estimate of drug-likeness (QED) is 0.594. The molecule has 0 radical (unpaired) electrons. The molecule has 0 spiro atoms. The van der Waals surface area contributed by atoms with Crippen molar-refractivity contribution in [1.29, 1.82) is 0 Å². The van der Waals surface area contributed by atoms with Gasteiger partial charge in [-0.05, 0) is 38.8 Å². The molecule has 17 heavy (non-hydrogen) atoms. The summed E-state index contributed by atoms with van der Waals surface area (Å²) in [5.41, 5.74) is 2.38. The third kappa shape index (κ3) is 2.93. The van der Waals surface area contributed by atoms with Crippen LogP contribution < -0.4 is 0 Å². The van der Waals surface area contributed by atoms with Crippen molar-refractivity contribution in [2.75, 3.05) is 6.61 Å². The maximum Gasteiger partial charge on any atom is 0.313 e. The van der Waals surface area contributed by atoms with Crippen LogP contribution in [0.15, 0.2) is 18.2 Å². The van der Waals surface area contributed by atoms with Crippen LogP contribution in [-0.2, 0) is 9.53 Å². The molecule has 1 unspecified atom stereocenters. The van der Waals surface area contributed by atoms with Gasteiger partial charge in [-0.15, -0.1) is 0 Å². The lowest BCUT2D eigenvalue weighted by molar-refractivity contribution is -0.144. The summed E-state index contributed by atoms with van der Waals surface area (Å²) in [6.07, 6.45) is 0. The molecule has 0 saturated heterocycles. The van der Waals surface area contributed by atoms with Crippen molar-refractivity contribution < 1.29 is 14.3 Å². The van der Waals surface area contributed by atoms with Crippen LogP contribution in [-0.4, -0.2) is 18.4 Å². The van der Waals surface area contributed by atoms with Crippen LogP contribution in [0.3, 0.4) is 0 Å². The SMILES string of the molecule is CCOC(=O)C(C)c1cccc(C(C)=O)c1C. The Kier molecular flexibility index (Phi) is 4.44. The molecule has 0 saturated carbocycles. The first kappa shape index (κ1) is 13.4. The number of carbonyl (C=O) groups is 2. The van der Waals surface area contributed by atoms with Crippen LogP contribution in [0.1, 0.15) is 48.2 Å². The van der Waals surface area contributed by atoms with Gasteiger partial charge in [-0.3, -0.25) is 9.59 Å². The van der Waals surface area contributed by atoms with Gasteiger partial charge in [0.1, 0.15) is 0 Å². The molecule has 0 aromatic heterocycles. The van der Waals surface area contributed by atoms with Crippen molar-refractivity contribution in [2.45, 2.75) is 33.6 Å². The highest BCUT2D eigenvalue weighted by Crippen LogP contribution is 2.23. The van der Waals surface area contributed by atoms with Crippen molar-refractivity contribution in [1.82, 2.24) is 0 Å². The summed E-state index contributed by atoms with van der Waals surface area (Å²) >= 11 is 0. The lowest BCUT2D eigenvalue weighted by atomic mass is 9.92. The van der Waals surface area contributed by atoms with E-state index < -0.39 is 0 Å². The van der Waals surface area contributed by atoms with Crippen LogP contribution in [0.25, 0.3) is 0 Å².